The second-order valence-electron chi connectivity index (χ2n) is 8.55. The number of hydrogen-bond acceptors (Lipinski definition) is 3. The lowest BCUT2D eigenvalue weighted by atomic mass is 9.97. The van der Waals surface area contributed by atoms with Gasteiger partial charge in [0.2, 0.25) is 5.91 Å². The minimum atomic E-state index is -0.411. The fourth-order valence-electron chi connectivity index (χ4n) is 4.19. The molecule has 7 heteroatoms. The molecule has 0 aliphatic carbocycles. The monoisotopic (exact) mass is 439 g/mol. The number of amides is 1. The second-order valence-corrected chi connectivity index (χ2v) is 8.55. The number of nitrogens with one attached hydrogen (secondary N) is 2. The minimum Gasteiger partial charge on any atom is -0.369 e. The lowest BCUT2D eigenvalue weighted by Gasteiger charge is -2.38. The van der Waals surface area contributed by atoms with Gasteiger partial charge < -0.3 is 16.4 Å². The fraction of sp³-hybridized carbons (Fsp3) is 0.440. The van der Waals surface area contributed by atoms with Crippen LogP contribution in [0.3, 0.4) is 0 Å². The van der Waals surface area contributed by atoms with Crippen LogP contribution in [-0.2, 0) is 17.8 Å². The maximum absolute atomic E-state index is 13.1. The Hall–Kier alpha value is -2.93. The van der Waals surface area contributed by atoms with Crippen molar-refractivity contribution in [2.24, 2.45) is 16.6 Å². The van der Waals surface area contributed by atoms with Crippen LogP contribution in [0, 0.1) is 11.7 Å². The van der Waals surface area contributed by atoms with Gasteiger partial charge in [-0.05, 0) is 49.4 Å². The van der Waals surface area contributed by atoms with Gasteiger partial charge >= 0.3 is 0 Å². The molecule has 4 N–H and O–H groups in total. The van der Waals surface area contributed by atoms with Crippen molar-refractivity contribution >= 4 is 11.9 Å². The molecule has 1 aliphatic rings. The Morgan fingerprint density at radius 2 is 1.91 bits per heavy atom. The molecule has 0 spiro atoms. The van der Waals surface area contributed by atoms with E-state index in [0.717, 1.165) is 31.5 Å². The highest BCUT2D eigenvalue weighted by Gasteiger charge is 2.26. The average Bonchev–Trinajstić information content (AvgIpc) is 2.79. The number of primary amides is 1. The third-order valence-corrected chi connectivity index (χ3v) is 6.12. The van der Waals surface area contributed by atoms with Gasteiger partial charge in [-0.3, -0.25) is 14.7 Å². The Balaban J connectivity index is 1.48. The number of aliphatic imine (C=N–C) groups is 1. The molecule has 1 fully saturated rings. The predicted molar refractivity (Wildman–Crippen MR) is 127 cm³/mol. The first-order chi connectivity index (χ1) is 15.4. The molecular formula is C25H34FN5O. The highest BCUT2D eigenvalue weighted by Crippen LogP contribution is 2.20. The van der Waals surface area contributed by atoms with Crippen molar-refractivity contribution in [3.8, 4) is 0 Å². The number of carbonyl (C=O) groups is 1. The number of carbonyl (C=O) groups excluding carboxylic acids is 1. The number of nitrogens with zero attached hydrogens (tertiary/aromatic N) is 2. The highest BCUT2D eigenvalue weighted by molar-refractivity contribution is 5.82. The largest absolute Gasteiger partial charge is 0.369 e. The number of halogens is 1. The summed E-state index contributed by atoms with van der Waals surface area (Å²) in [7, 11) is 1.72. The Morgan fingerprint density at radius 1 is 1.19 bits per heavy atom. The second kappa shape index (κ2) is 11.6. The maximum atomic E-state index is 13.1. The molecule has 0 saturated carbocycles. The van der Waals surface area contributed by atoms with Gasteiger partial charge in [-0.2, -0.15) is 0 Å². The zero-order valence-electron chi connectivity index (χ0n) is 18.9. The number of piperidine rings is 1. The molecule has 0 aromatic heterocycles. The standard InChI is InChI=1S/C25H34FN5O/c1-18-14-23(12-13-31(18)17-20-6-4-3-5-7-20)30-25(28-2)29-16-21(24(27)32)15-19-8-10-22(26)11-9-19/h3-11,18,21,23H,12-17H2,1-2H3,(H2,27,32)(H2,28,29,30). The average molecular weight is 440 g/mol. The number of guanidine groups is 1. The molecule has 1 heterocycles. The van der Waals surface area contributed by atoms with E-state index in [1.165, 1.54) is 17.7 Å². The van der Waals surface area contributed by atoms with Gasteiger partial charge in [-0.1, -0.05) is 42.5 Å². The summed E-state index contributed by atoms with van der Waals surface area (Å²) in [6.07, 6.45) is 2.49. The molecule has 1 saturated heterocycles. The van der Waals surface area contributed by atoms with E-state index in [9.17, 15) is 9.18 Å². The first-order valence-corrected chi connectivity index (χ1v) is 11.2. The van der Waals surface area contributed by atoms with Gasteiger partial charge in [0.15, 0.2) is 5.96 Å². The van der Waals surface area contributed by atoms with Crippen LogP contribution in [0.15, 0.2) is 59.6 Å². The van der Waals surface area contributed by atoms with Crippen molar-refractivity contribution in [3.63, 3.8) is 0 Å². The molecule has 6 nitrogen and oxygen atoms in total. The van der Waals surface area contributed by atoms with Crippen molar-refractivity contribution in [1.29, 1.82) is 0 Å². The van der Waals surface area contributed by atoms with Gasteiger partial charge in [0, 0.05) is 38.8 Å². The van der Waals surface area contributed by atoms with E-state index < -0.39 is 5.92 Å². The van der Waals surface area contributed by atoms with Gasteiger partial charge in [0.25, 0.3) is 0 Å². The molecule has 2 aromatic rings. The van der Waals surface area contributed by atoms with Crippen LogP contribution >= 0.6 is 0 Å². The number of rotatable bonds is 8. The number of benzene rings is 2. The van der Waals surface area contributed by atoms with Crippen molar-refractivity contribution in [1.82, 2.24) is 15.5 Å². The quantitative estimate of drug-likeness (QED) is 0.436. The van der Waals surface area contributed by atoms with Crippen molar-refractivity contribution in [3.05, 3.63) is 71.5 Å². The lowest BCUT2D eigenvalue weighted by molar-refractivity contribution is -0.121. The van der Waals surface area contributed by atoms with Crippen LogP contribution in [0.25, 0.3) is 0 Å². The van der Waals surface area contributed by atoms with Crippen molar-refractivity contribution in [2.75, 3.05) is 20.1 Å². The van der Waals surface area contributed by atoms with Crippen LogP contribution in [0.1, 0.15) is 30.9 Å². The molecule has 0 bridgehead atoms. The van der Waals surface area contributed by atoms with Gasteiger partial charge in [0.1, 0.15) is 5.82 Å². The van der Waals surface area contributed by atoms with E-state index in [4.69, 9.17) is 5.73 Å². The Labute approximate surface area is 190 Å². The first-order valence-electron chi connectivity index (χ1n) is 11.2. The van der Waals surface area contributed by atoms with Crippen LogP contribution in [-0.4, -0.2) is 49.0 Å². The zero-order valence-corrected chi connectivity index (χ0v) is 18.9. The molecule has 3 unspecified atom stereocenters. The van der Waals surface area contributed by atoms with Crippen molar-refractivity contribution in [2.45, 2.75) is 44.8 Å². The van der Waals surface area contributed by atoms with Crippen LogP contribution < -0.4 is 16.4 Å². The molecule has 3 atom stereocenters. The first kappa shape index (κ1) is 23.7. The van der Waals surface area contributed by atoms with Gasteiger partial charge in [-0.15, -0.1) is 0 Å². The summed E-state index contributed by atoms with van der Waals surface area (Å²) >= 11 is 0. The summed E-state index contributed by atoms with van der Waals surface area (Å²) < 4.78 is 13.1. The highest BCUT2D eigenvalue weighted by atomic mass is 19.1. The Morgan fingerprint density at radius 3 is 2.53 bits per heavy atom. The molecule has 3 rings (SSSR count). The molecule has 32 heavy (non-hydrogen) atoms. The summed E-state index contributed by atoms with van der Waals surface area (Å²) in [5.41, 5.74) is 7.81. The summed E-state index contributed by atoms with van der Waals surface area (Å²) in [6.45, 7) is 4.61. The molecule has 172 valence electrons. The number of nitrogens with two attached hydrogens (primary N) is 1. The molecule has 1 amide bonds. The zero-order chi connectivity index (χ0) is 22.9. The lowest BCUT2D eigenvalue weighted by Crippen LogP contribution is -2.52. The van der Waals surface area contributed by atoms with E-state index in [2.05, 4.69) is 51.7 Å². The van der Waals surface area contributed by atoms with Crippen LogP contribution in [0.4, 0.5) is 4.39 Å². The van der Waals surface area contributed by atoms with Gasteiger partial charge in [-0.25, -0.2) is 4.39 Å². The van der Waals surface area contributed by atoms with Gasteiger partial charge in [0.05, 0.1) is 5.92 Å². The summed E-state index contributed by atoms with van der Waals surface area (Å²) in [4.78, 5) is 18.8. The maximum Gasteiger partial charge on any atom is 0.222 e. The molecular weight excluding hydrogens is 405 g/mol. The Bertz CT molecular complexity index is 887. The SMILES string of the molecule is CN=C(NCC(Cc1ccc(F)cc1)C(N)=O)NC1CCN(Cc2ccccc2)C(C)C1. The topological polar surface area (TPSA) is 82.7 Å². The Kier molecular flexibility index (Phi) is 8.62. The van der Waals surface area contributed by atoms with E-state index in [-0.39, 0.29) is 11.7 Å². The van der Waals surface area contributed by atoms with E-state index in [1.54, 1.807) is 19.2 Å². The summed E-state index contributed by atoms with van der Waals surface area (Å²) in [5, 5.41) is 6.74. The normalized spacial score (nSPS) is 20.5. The number of hydrogen-bond donors (Lipinski definition) is 3. The number of likely N-dealkylation sites (tertiary alicyclic amines) is 1. The third-order valence-electron chi connectivity index (χ3n) is 6.12. The minimum absolute atomic E-state index is 0.295. The van der Waals surface area contributed by atoms with E-state index in [0.29, 0.717) is 31.0 Å². The van der Waals surface area contributed by atoms with E-state index >= 15 is 0 Å². The predicted octanol–water partition coefficient (Wildman–Crippen LogP) is 2.69. The van der Waals surface area contributed by atoms with Crippen LogP contribution in [0.5, 0.6) is 0 Å². The smallest absolute Gasteiger partial charge is 0.222 e. The van der Waals surface area contributed by atoms with Crippen LogP contribution in [0.2, 0.25) is 0 Å². The third kappa shape index (κ3) is 7.05. The fourth-order valence-corrected chi connectivity index (χ4v) is 4.19. The molecule has 1 aliphatic heterocycles. The summed E-state index contributed by atoms with van der Waals surface area (Å²) in [6, 6.07) is 17.5. The van der Waals surface area contributed by atoms with E-state index in [1.807, 2.05) is 6.07 Å². The van der Waals surface area contributed by atoms with Crippen molar-refractivity contribution < 1.29 is 9.18 Å². The molecule has 0 radical (unpaired) electrons. The molecule has 2 aromatic carbocycles. The summed E-state index contributed by atoms with van der Waals surface area (Å²) in [5.74, 6) is -0.425.